The summed E-state index contributed by atoms with van der Waals surface area (Å²) in [6.45, 7) is 5.85. The zero-order valence-corrected chi connectivity index (χ0v) is 14.8. The molecule has 0 bridgehead atoms. The van der Waals surface area contributed by atoms with Crippen LogP contribution < -0.4 is 14.8 Å². The van der Waals surface area contributed by atoms with Crippen molar-refractivity contribution in [1.82, 2.24) is 15.1 Å². The molecule has 0 aliphatic carbocycles. The van der Waals surface area contributed by atoms with Crippen LogP contribution in [0.2, 0.25) is 0 Å². The average Bonchev–Trinajstić information content (AvgIpc) is 2.84. The fourth-order valence-corrected chi connectivity index (χ4v) is 3.32. The minimum Gasteiger partial charge on any atom is -0.486 e. The van der Waals surface area contributed by atoms with Gasteiger partial charge in [-0.2, -0.15) is 0 Å². The zero-order valence-electron chi connectivity index (χ0n) is 14.8. The molecular formula is C18H25N3O4. The summed E-state index contributed by atoms with van der Waals surface area (Å²) >= 11 is 0. The van der Waals surface area contributed by atoms with Gasteiger partial charge in [0.15, 0.2) is 11.5 Å². The van der Waals surface area contributed by atoms with Gasteiger partial charge in [0.05, 0.1) is 5.92 Å². The zero-order chi connectivity index (χ0) is 17.8. The highest BCUT2D eigenvalue weighted by Gasteiger charge is 2.28. The summed E-state index contributed by atoms with van der Waals surface area (Å²) in [4.78, 5) is 27.9. The third kappa shape index (κ3) is 4.22. The second kappa shape index (κ2) is 7.74. The van der Waals surface area contributed by atoms with E-state index in [2.05, 4.69) is 10.2 Å². The first-order valence-corrected chi connectivity index (χ1v) is 8.65. The van der Waals surface area contributed by atoms with Gasteiger partial charge in [0.25, 0.3) is 0 Å². The Hall–Kier alpha value is -2.28. The Bertz CT molecular complexity index is 649. The van der Waals surface area contributed by atoms with Gasteiger partial charge in [-0.25, -0.2) is 0 Å². The van der Waals surface area contributed by atoms with Crippen molar-refractivity contribution in [2.24, 2.45) is 5.92 Å². The van der Waals surface area contributed by atoms with Crippen LogP contribution in [0.3, 0.4) is 0 Å². The van der Waals surface area contributed by atoms with E-state index < -0.39 is 0 Å². The van der Waals surface area contributed by atoms with Crippen LogP contribution >= 0.6 is 0 Å². The molecule has 1 aromatic carbocycles. The first-order valence-electron chi connectivity index (χ1n) is 8.65. The minimum atomic E-state index is -0.228. The highest BCUT2D eigenvalue weighted by molar-refractivity contribution is 5.80. The molecule has 7 heteroatoms. The van der Waals surface area contributed by atoms with Crippen molar-refractivity contribution in [3.8, 4) is 11.5 Å². The lowest BCUT2D eigenvalue weighted by Crippen LogP contribution is -2.40. The van der Waals surface area contributed by atoms with Crippen LogP contribution in [-0.4, -0.2) is 68.1 Å². The number of hydrogen-bond donors (Lipinski definition) is 1. The standard InChI is InChI=1S/C18H25N3O4/c1-13(22)21-6-5-20(11-15(12-21)18(23)19-2)10-14-3-4-16-17(9-14)25-8-7-24-16/h3-4,9,15H,5-8,10-12H2,1-2H3,(H,19,23). The van der Waals surface area contributed by atoms with E-state index in [-0.39, 0.29) is 17.7 Å². The summed E-state index contributed by atoms with van der Waals surface area (Å²) in [5.74, 6) is 1.30. The molecule has 1 atom stereocenters. The van der Waals surface area contributed by atoms with E-state index in [1.165, 1.54) is 0 Å². The summed E-state index contributed by atoms with van der Waals surface area (Å²) in [7, 11) is 1.64. The van der Waals surface area contributed by atoms with Gasteiger partial charge in [-0.1, -0.05) is 6.07 Å². The molecule has 0 radical (unpaired) electrons. The Kier molecular flexibility index (Phi) is 5.43. The van der Waals surface area contributed by atoms with Crippen LogP contribution in [0.1, 0.15) is 12.5 Å². The molecular weight excluding hydrogens is 322 g/mol. The molecule has 2 aliphatic heterocycles. The predicted octanol–water partition coefficient (Wildman–Crippen LogP) is 0.484. The molecule has 7 nitrogen and oxygen atoms in total. The van der Waals surface area contributed by atoms with Crippen molar-refractivity contribution in [3.63, 3.8) is 0 Å². The van der Waals surface area contributed by atoms with Crippen LogP contribution in [0, 0.1) is 5.92 Å². The van der Waals surface area contributed by atoms with E-state index in [1.54, 1.807) is 18.9 Å². The average molecular weight is 347 g/mol. The lowest BCUT2D eigenvalue weighted by Gasteiger charge is -2.24. The van der Waals surface area contributed by atoms with Gasteiger partial charge in [-0.3, -0.25) is 14.5 Å². The molecule has 2 heterocycles. The molecule has 1 saturated heterocycles. The lowest BCUT2D eigenvalue weighted by atomic mass is 10.1. The summed E-state index contributed by atoms with van der Waals surface area (Å²) in [6, 6.07) is 5.95. The summed E-state index contributed by atoms with van der Waals surface area (Å²) < 4.78 is 11.2. The van der Waals surface area contributed by atoms with Crippen LogP contribution in [-0.2, 0) is 16.1 Å². The summed E-state index contributed by atoms with van der Waals surface area (Å²) in [5, 5.41) is 2.71. The SMILES string of the molecule is CNC(=O)C1CN(Cc2ccc3c(c2)OCCO3)CCN(C(C)=O)C1. The number of carbonyl (C=O) groups is 2. The fraction of sp³-hybridized carbons (Fsp3) is 0.556. The fourth-order valence-electron chi connectivity index (χ4n) is 3.32. The number of amides is 2. The maximum Gasteiger partial charge on any atom is 0.225 e. The molecule has 1 fully saturated rings. The Labute approximate surface area is 147 Å². The van der Waals surface area contributed by atoms with Gasteiger partial charge >= 0.3 is 0 Å². The van der Waals surface area contributed by atoms with E-state index in [9.17, 15) is 9.59 Å². The van der Waals surface area contributed by atoms with E-state index in [4.69, 9.17) is 9.47 Å². The Morgan fingerprint density at radius 1 is 1.16 bits per heavy atom. The monoisotopic (exact) mass is 347 g/mol. The van der Waals surface area contributed by atoms with Crippen molar-refractivity contribution in [2.45, 2.75) is 13.5 Å². The van der Waals surface area contributed by atoms with Crippen LogP contribution in [0.4, 0.5) is 0 Å². The second-order valence-corrected chi connectivity index (χ2v) is 6.49. The highest BCUT2D eigenvalue weighted by Crippen LogP contribution is 2.31. The molecule has 0 spiro atoms. The normalized spacial score (nSPS) is 20.7. The second-order valence-electron chi connectivity index (χ2n) is 6.49. The smallest absolute Gasteiger partial charge is 0.225 e. The molecule has 1 N–H and O–H groups in total. The summed E-state index contributed by atoms with van der Waals surface area (Å²) in [6.07, 6.45) is 0. The predicted molar refractivity (Wildman–Crippen MR) is 92.5 cm³/mol. The maximum atomic E-state index is 12.2. The van der Waals surface area contributed by atoms with Crippen LogP contribution in [0.15, 0.2) is 18.2 Å². The number of hydrogen-bond acceptors (Lipinski definition) is 5. The number of nitrogens with zero attached hydrogens (tertiary/aromatic N) is 2. The number of ether oxygens (including phenoxy) is 2. The lowest BCUT2D eigenvalue weighted by molar-refractivity contribution is -0.130. The van der Waals surface area contributed by atoms with Gasteiger partial charge in [0, 0.05) is 46.7 Å². The minimum absolute atomic E-state index is 0.00934. The molecule has 25 heavy (non-hydrogen) atoms. The first-order chi connectivity index (χ1) is 12.1. The van der Waals surface area contributed by atoms with Gasteiger partial charge in [0.2, 0.25) is 11.8 Å². The Morgan fingerprint density at radius 3 is 2.64 bits per heavy atom. The number of nitrogens with one attached hydrogen (secondary N) is 1. The maximum absolute atomic E-state index is 12.2. The van der Waals surface area contributed by atoms with Gasteiger partial charge in [0.1, 0.15) is 13.2 Å². The molecule has 136 valence electrons. The van der Waals surface area contributed by atoms with Crippen molar-refractivity contribution in [2.75, 3.05) is 46.4 Å². The molecule has 2 amide bonds. The Balaban J connectivity index is 1.72. The number of benzene rings is 1. The van der Waals surface area contributed by atoms with Crippen molar-refractivity contribution < 1.29 is 19.1 Å². The molecule has 1 aromatic rings. The molecule has 0 aromatic heterocycles. The number of fused-ring (bicyclic) bond motifs is 1. The van der Waals surface area contributed by atoms with E-state index in [0.29, 0.717) is 39.4 Å². The Morgan fingerprint density at radius 2 is 1.92 bits per heavy atom. The largest absolute Gasteiger partial charge is 0.486 e. The van der Waals surface area contributed by atoms with E-state index >= 15 is 0 Å². The third-order valence-electron chi connectivity index (χ3n) is 4.68. The number of carbonyl (C=O) groups excluding carboxylic acids is 2. The molecule has 0 saturated carbocycles. The highest BCUT2D eigenvalue weighted by atomic mass is 16.6. The molecule has 2 aliphatic rings. The number of rotatable bonds is 3. The summed E-state index contributed by atoms with van der Waals surface area (Å²) in [5.41, 5.74) is 1.11. The quantitative estimate of drug-likeness (QED) is 0.861. The molecule has 3 rings (SSSR count). The van der Waals surface area contributed by atoms with Crippen molar-refractivity contribution in [3.05, 3.63) is 23.8 Å². The van der Waals surface area contributed by atoms with Gasteiger partial charge in [-0.05, 0) is 17.7 Å². The van der Waals surface area contributed by atoms with E-state index in [0.717, 1.165) is 23.6 Å². The van der Waals surface area contributed by atoms with Crippen molar-refractivity contribution >= 4 is 11.8 Å². The first kappa shape index (κ1) is 17.5. The van der Waals surface area contributed by atoms with Crippen molar-refractivity contribution in [1.29, 1.82) is 0 Å². The van der Waals surface area contributed by atoms with Gasteiger partial charge in [-0.15, -0.1) is 0 Å². The van der Waals surface area contributed by atoms with Gasteiger partial charge < -0.3 is 19.7 Å². The van der Waals surface area contributed by atoms with E-state index in [1.807, 2.05) is 18.2 Å². The molecule has 1 unspecified atom stereocenters. The van der Waals surface area contributed by atoms with Crippen LogP contribution in [0.25, 0.3) is 0 Å². The van der Waals surface area contributed by atoms with Crippen LogP contribution in [0.5, 0.6) is 11.5 Å². The topological polar surface area (TPSA) is 71.1 Å². The third-order valence-corrected chi connectivity index (χ3v) is 4.68.